The fraction of sp³-hybridized carbons (Fsp3) is 0.667. The number of thioether (sulfide) groups is 1. The summed E-state index contributed by atoms with van der Waals surface area (Å²) < 4.78 is 24.6. The van der Waals surface area contributed by atoms with E-state index in [9.17, 15) is 8.42 Å². The molecule has 112 valence electrons. The molecule has 2 heterocycles. The lowest BCUT2D eigenvalue weighted by atomic mass is 10.1. The Kier molecular flexibility index (Phi) is 5.36. The Morgan fingerprint density at radius 1 is 1.60 bits per heavy atom. The Hall–Kier alpha value is -0.700. The van der Waals surface area contributed by atoms with E-state index in [1.165, 1.54) is 6.33 Å². The quantitative estimate of drug-likeness (QED) is 0.835. The summed E-state index contributed by atoms with van der Waals surface area (Å²) in [6.07, 6.45) is 3.13. The van der Waals surface area contributed by atoms with Crippen LogP contribution in [0.3, 0.4) is 0 Å². The topological polar surface area (TPSA) is 89.2 Å². The van der Waals surface area contributed by atoms with E-state index in [4.69, 9.17) is 5.73 Å². The Balaban J connectivity index is 2.31. The second-order valence-corrected chi connectivity index (χ2v) is 8.20. The van der Waals surface area contributed by atoms with Crippen LogP contribution in [0.1, 0.15) is 18.7 Å². The summed E-state index contributed by atoms with van der Waals surface area (Å²) in [5.74, 6) is 1.66. The van der Waals surface area contributed by atoms with E-state index in [-0.39, 0.29) is 11.8 Å². The summed E-state index contributed by atoms with van der Waals surface area (Å²) in [5.41, 5.74) is 6.66. The lowest BCUT2D eigenvalue weighted by Gasteiger charge is -2.39. The monoisotopic (exact) mass is 316 g/mol. The van der Waals surface area contributed by atoms with Crippen LogP contribution in [0, 0.1) is 0 Å². The Morgan fingerprint density at radius 3 is 3.00 bits per heavy atom. The zero-order valence-corrected chi connectivity index (χ0v) is 13.1. The zero-order chi connectivity index (χ0) is 14.6. The Labute approximate surface area is 124 Å². The predicted octanol–water partition coefficient (Wildman–Crippen LogP) is 0.286. The summed E-state index contributed by atoms with van der Waals surface area (Å²) >= 11 is 1.68. The highest BCUT2D eigenvalue weighted by molar-refractivity contribution is 8.01. The summed E-state index contributed by atoms with van der Waals surface area (Å²) in [4.78, 5) is 10.1. The number of sulfone groups is 1. The van der Waals surface area contributed by atoms with Crippen molar-refractivity contribution in [1.82, 2.24) is 14.9 Å². The van der Waals surface area contributed by atoms with Gasteiger partial charge in [-0.25, -0.2) is 18.4 Å². The largest absolute Gasteiger partial charge is 0.329 e. The molecule has 20 heavy (non-hydrogen) atoms. The number of aromatic nitrogens is 2. The first-order chi connectivity index (χ1) is 9.60. The first-order valence-corrected chi connectivity index (χ1v) is 9.48. The molecule has 1 saturated heterocycles. The molecule has 0 bridgehead atoms. The Bertz CT molecular complexity index is 524. The summed E-state index contributed by atoms with van der Waals surface area (Å²) in [6.45, 7) is 2.74. The van der Waals surface area contributed by atoms with Crippen molar-refractivity contribution in [1.29, 1.82) is 0 Å². The summed E-state index contributed by atoms with van der Waals surface area (Å²) in [6, 6.07) is 1.62. The maximum absolute atomic E-state index is 12.3. The number of rotatable bonds is 5. The van der Waals surface area contributed by atoms with Crippen LogP contribution < -0.4 is 5.73 Å². The fourth-order valence-corrected chi connectivity index (χ4v) is 5.44. The third-order valence-electron chi connectivity index (χ3n) is 3.51. The van der Waals surface area contributed by atoms with Crippen LogP contribution in [-0.4, -0.2) is 59.0 Å². The molecule has 0 radical (unpaired) electrons. The van der Waals surface area contributed by atoms with Crippen molar-refractivity contribution in [3.8, 4) is 0 Å². The van der Waals surface area contributed by atoms with Gasteiger partial charge in [0.1, 0.15) is 11.7 Å². The van der Waals surface area contributed by atoms with E-state index in [2.05, 4.69) is 9.97 Å². The van der Waals surface area contributed by atoms with Crippen molar-refractivity contribution in [2.75, 3.05) is 30.3 Å². The standard InChI is InChI=1S/C12H20N4O2S2/c1-2-20(17,18)12-8-19-6-5-16(12)11(7-13)10-3-4-14-9-15-10/h3-4,9,11-12H,2,5-8,13H2,1H3. The third kappa shape index (κ3) is 3.30. The van der Waals surface area contributed by atoms with E-state index in [1.54, 1.807) is 30.9 Å². The molecule has 2 unspecified atom stereocenters. The first-order valence-electron chi connectivity index (χ1n) is 6.61. The molecular formula is C12H20N4O2S2. The van der Waals surface area contributed by atoms with Crippen molar-refractivity contribution in [2.24, 2.45) is 5.73 Å². The normalized spacial score (nSPS) is 22.6. The lowest BCUT2D eigenvalue weighted by Crippen LogP contribution is -2.51. The van der Waals surface area contributed by atoms with Crippen LogP contribution in [0.4, 0.5) is 0 Å². The minimum Gasteiger partial charge on any atom is -0.329 e. The van der Waals surface area contributed by atoms with Gasteiger partial charge in [0.25, 0.3) is 0 Å². The van der Waals surface area contributed by atoms with Crippen LogP contribution in [-0.2, 0) is 9.84 Å². The van der Waals surface area contributed by atoms with Crippen molar-refractivity contribution < 1.29 is 8.42 Å². The van der Waals surface area contributed by atoms with Gasteiger partial charge < -0.3 is 5.73 Å². The van der Waals surface area contributed by atoms with E-state index in [0.717, 1.165) is 11.4 Å². The predicted molar refractivity (Wildman–Crippen MR) is 81.1 cm³/mol. The molecule has 0 aliphatic carbocycles. The lowest BCUT2D eigenvalue weighted by molar-refractivity contribution is 0.194. The molecule has 0 spiro atoms. The maximum Gasteiger partial charge on any atom is 0.166 e. The van der Waals surface area contributed by atoms with Crippen molar-refractivity contribution in [3.05, 3.63) is 24.3 Å². The van der Waals surface area contributed by atoms with Gasteiger partial charge in [0.05, 0.1) is 11.7 Å². The molecule has 8 heteroatoms. The summed E-state index contributed by atoms with van der Waals surface area (Å²) in [7, 11) is -3.13. The van der Waals surface area contributed by atoms with Crippen molar-refractivity contribution in [2.45, 2.75) is 18.3 Å². The molecule has 1 aromatic heterocycles. The molecule has 1 fully saturated rings. The minimum absolute atomic E-state index is 0.149. The third-order valence-corrected chi connectivity index (χ3v) is 6.82. The SMILES string of the molecule is CCS(=O)(=O)C1CSCCN1C(CN)c1ccncn1. The molecule has 1 aliphatic heterocycles. The molecule has 0 saturated carbocycles. The zero-order valence-electron chi connectivity index (χ0n) is 11.5. The summed E-state index contributed by atoms with van der Waals surface area (Å²) in [5, 5.41) is -0.477. The average Bonchev–Trinajstić information content (AvgIpc) is 2.49. The highest BCUT2D eigenvalue weighted by Gasteiger charge is 2.37. The second-order valence-electron chi connectivity index (χ2n) is 4.60. The van der Waals surface area contributed by atoms with Crippen LogP contribution in [0.15, 0.2) is 18.6 Å². The number of nitrogens with two attached hydrogens (primary N) is 1. The van der Waals surface area contributed by atoms with Gasteiger partial charge in [0, 0.05) is 36.5 Å². The highest BCUT2D eigenvalue weighted by atomic mass is 32.2. The molecule has 2 atom stereocenters. The van der Waals surface area contributed by atoms with Gasteiger partial charge >= 0.3 is 0 Å². The van der Waals surface area contributed by atoms with E-state index < -0.39 is 15.2 Å². The van der Waals surface area contributed by atoms with Gasteiger partial charge in [-0.2, -0.15) is 11.8 Å². The second kappa shape index (κ2) is 6.84. The fourth-order valence-electron chi connectivity index (χ4n) is 2.38. The van der Waals surface area contributed by atoms with Gasteiger partial charge in [-0.3, -0.25) is 4.90 Å². The van der Waals surface area contributed by atoms with Gasteiger partial charge in [-0.05, 0) is 6.07 Å². The highest BCUT2D eigenvalue weighted by Crippen LogP contribution is 2.29. The number of hydrogen-bond acceptors (Lipinski definition) is 7. The molecule has 0 aromatic carbocycles. The van der Waals surface area contributed by atoms with Gasteiger partial charge in [-0.1, -0.05) is 6.92 Å². The minimum atomic E-state index is -3.13. The number of nitrogens with zero attached hydrogens (tertiary/aromatic N) is 3. The van der Waals surface area contributed by atoms with Crippen LogP contribution >= 0.6 is 11.8 Å². The van der Waals surface area contributed by atoms with Crippen LogP contribution in [0.25, 0.3) is 0 Å². The molecule has 0 amide bonds. The van der Waals surface area contributed by atoms with E-state index in [1.807, 2.05) is 4.90 Å². The maximum atomic E-state index is 12.3. The first kappa shape index (κ1) is 15.7. The Morgan fingerprint density at radius 2 is 2.40 bits per heavy atom. The van der Waals surface area contributed by atoms with Gasteiger partial charge in [-0.15, -0.1) is 0 Å². The van der Waals surface area contributed by atoms with E-state index in [0.29, 0.717) is 18.8 Å². The van der Waals surface area contributed by atoms with Gasteiger partial charge in [0.15, 0.2) is 9.84 Å². The molecule has 1 aliphatic rings. The smallest absolute Gasteiger partial charge is 0.166 e. The molecule has 6 nitrogen and oxygen atoms in total. The van der Waals surface area contributed by atoms with Crippen LogP contribution in [0.5, 0.6) is 0 Å². The molecule has 1 aromatic rings. The molecule has 2 N–H and O–H groups in total. The molecule has 2 rings (SSSR count). The van der Waals surface area contributed by atoms with E-state index >= 15 is 0 Å². The van der Waals surface area contributed by atoms with Crippen molar-refractivity contribution >= 4 is 21.6 Å². The van der Waals surface area contributed by atoms with Crippen molar-refractivity contribution in [3.63, 3.8) is 0 Å². The average molecular weight is 316 g/mol. The van der Waals surface area contributed by atoms with Crippen LogP contribution in [0.2, 0.25) is 0 Å². The van der Waals surface area contributed by atoms with Gasteiger partial charge in [0.2, 0.25) is 0 Å². The number of hydrogen-bond donors (Lipinski definition) is 1. The molecular weight excluding hydrogens is 296 g/mol.